The van der Waals surface area contributed by atoms with Crippen molar-refractivity contribution < 1.29 is 9.53 Å². The Labute approximate surface area is 127 Å². The number of benzene rings is 1. The summed E-state index contributed by atoms with van der Waals surface area (Å²) in [4.78, 5) is 14.2. The summed E-state index contributed by atoms with van der Waals surface area (Å²) in [5, 5.41) is 0. The van der Waals surface area contributed by atoms with E-state index < -0.39 is 0 Å². The molecule has 1 fully saturated rings. The average molecular weight is 290 g/mol. The summed E-state index contributed by atoms with van der Waals surface area (Å²) >= 11 is 0. The zero-order chi connectivity index (χ0) is 15.4. The molecule has 1 aliphatic rings. The highest BCUT2D eigenvalue weighted by atomic mass is 16.5. The molecule has 1 amide bonds. The first-order chi connectivity index (χ1) is 10.0. The van der Waals surface area contributed by atoms with Crippen molar-refractivity contribution >= 4 is 5.91 Å². The minimum Gasteiger partial charge on any atom is -0.493 e. The summed E-state index contributed by atoms with van der Waals surface area (Å²) in [5.41, 5.74) is 8.05. The first-order valence-electron chi connectivity index (χ1n) is 7.71. The van der Waals surface area contributed by atoms with Crippen molar-refractivity contribution in [2.45, 2.75) is 39.7 Å². The number of nitrogens with zero attached hydrogens (tertiary/aromatic N) is 1. The number of aryl methyl sites for hydroxylation is 1. The van der Waals surface area contributed by atoms with Gasteiger partial charge in [-0.2, -0.15) is 0 Å². The number of nitrogens with two attached hydrogens (primary N) is 1. The number of carbonyl (C=O) groups is 1. The lowest BCUT2D eigenvalue weighted by Crippen LogP contribution is -2.35. The van der Waals surface area contributed by atoms with Crippen LogP contribution >= 0.6 is 0 Å². The number of likely N-dealkylation sites (tertiary alicyclic amines) is 1. The molecule has 0 aliphatic carbocycles. The summed E-state index contributed by atoms with van der Waals surface area (Å²) in [7, 11) is 0. The number of hydrogen-bond donors (Lipinski definition) is 1. The van der Waals surface area contributed by atoms with Crippen LogP contribution in [0.4, 0.5) is 0 Å². The Balaban J connectivity index is 1.83. The molecule has 2 unspecified atom stereocenters. The van der Waals surface area contributed by atoms with E-state index in [-0.39, 0.29) is 5.91 Å². The molecule has 2 atom stereocenters. The van der Waals surface area contributed by atoms with E-state index in [9.17, 15) is 4.79 Å². The van der Waals surface area contributed by atoms with Crippen LogP contribution in [0.1, 0.15) is 30.9 Å². The van der Waals surface area contributed by atoms with Crippen molar-refractivity contribution in [3.63, 3.8) is 0 Å². The first kappa shape index (κ1) is 15.8. The zero-order valence-electron chi connectivity index (χ0n) is 13.3. The van der Waals surface area contributed by atoms with E-state index in [1.807, 2.05) is 24.0 Å². The van der Waals surface area contributed by atoms with Gasteiger partial charge >= 0.3 is 0 Å². The molecule has 4 heteroatoms. The van der Waals surface area contributed by atoms with Crippen LogP contribution in [0.5, 0.6) is 5.75 Å². The van der Waals surface area contributed by atoms with Gasteiger partial charge in [-0.15, -0.1) is 0 Å². The van der Waals surface area contributed by atoms with Crippen molar-refractivity contribution in [3.05, 3.63) is 29.3 Å². The van der Waals surface area contributed by atoms with Gasteiger partial charge in [0.05, 0.1) is 13.0 Å². The highest BCUT2D eigenvalue weighted by Crippen LogP contribution is 2.23. The van der Waals surface area contributed by atoms with Gasteiger partial charge in [0.2, 0.25) is 5.91 Å². The molecule has 0 saturated carbocycles. The summed E-state index contributed by atoms with van der Waals surface area (Å²) in [6.45, 7) is 8.08. The smallest absolute Gasteiger partial charge is 0.226 e. The fraction of sp³-hybridized carbons (Fsp3) is 0.588. The second-order valence-corrected chi connectivity index (χ2v) is 6.03. The number of amides is 1. The van der Waals surface area contributed by atoms with Gasteiger partial charge in [-0.1, -0.05) is 12.1 Å². The van der Waals surface area contributed by atoms with Gasteiger partial charge in [-0.25, -0.2) is 0 Å². The van der Waals surface area contributed by atoms with Crippen LogP contribution in [0.3, 0.4) is 0 Å². The van der Waals surface area contributed by atoms with E-state index in [4.69, 9.17) is 10.5 Å². The van der Waals surface area contributed by atoms with E-state index in [1.54, 1.807) is 0 Å². The summed E-state index contributed by atoms with van der Waals surface area (Å²) < 4.78 is 5.76. The van der Waals surface area contributed by atoms with Crippen LogP contribution < -0.4 is 10.5 Å². The predicted molar refractivity (Wildman–Crippen MR) is 84.4 cm³/mol. The van der Waals surface area contributed by atoms with Crippen LogP contribution in [0, 0.1) is 19.8 Å². The normalized spacial score (nSPS) is 21.6. The molecule has 0 spiro atoms. The van der Waals surface area contributed by atoms with Gasteiger partial charge in [0.1, 0.15) is 5.75 Å². The maximum atomic E-state index is 12.3. The maximum Gasteiger partial charge on any atom is 0.226 e. The summed E-state index contributed by atoms with van der Waals surface area (Å²) in [6.07, 6.45) is 1.44. The maximum absolute atomic E-state index is 12.3. The van der Waals surface area contributed by atoms with Crippen molar-refractivity contribution in [2.24, 2.45) is 11.7 Å². The highest BCUT2D eigenvalue weighted by molar-refractivity contribution is 5.77. The molecule has 1 aliphatic heterocycles. The van der Waals surface area contributed by atoms with Gasteiger partial charge < -0.3 is 15.4 Å². The lowest BCUT2D eigenvalue weighted by Gasteiger charge is -2.21. The molecular weight excluding hydrogens is 264 g/mol. The third kappa shape index (κ3) is 3.76. The predicted octanol–water partition coefficient (Wildman–Crippen LogP) is 2.27. The van der Waals surface area contributed by atoms with E-state index in [0.717, 1.165) is 24.3 Å². The molecule has 0 bridgehead atoms. The Bertz CT molecular complexity index is 502. The minimum atomic E-state index is 0.170. The number of rotatable bonds is 5. The van der Waals surface area contributed by atoms with Gasteiger partial charge in [0.15, 0.2) is 0 Å². The molecule has 0 radical (unpaired) electrons. The van der Waals surface area contributed by atoms with Crippen molar-refractivity contribution in [1.82, 2.24) is 4.90 Å². The molecule has 4 nitrogen and oxygen atoms in total. The first-order valence-corrected chi connectivity index (χ1v) is 7.71. The fourth-order valence-corrected chi connectivity index (χ4v) is 2.93. The van der Waals surface area contributed by atoms with Crippen molar-refractivity contribution in [3.8, 4) is 5.75 Å². The quantitative estimate of drug-likeness (QED) is 0.905. The topological polar surface area (TPSA) is 55.6 Å². The van der Waals surface area contributed by atoms with Crippen molar-refractivity contribution in [2.75, 3.05) is 19.7 Å². The number of hydrogen-bond acceptors (Lipinski definition) is 3. The summed E-state index contributed by atoms with van der Waals surface area (Å²) in [6, 6.07) is 6.29. The van der Waals surface area contributed by atoms with Crippen LogP contribution in [0.25, 0.3) is 0 Å². The molecule has 1 heterocycles. The van der Waals surface area contributed by atoms with E-state index in [0.29, 0.717) is 31.5 Å². The molecule has 1 aromatic carbocycles. The molecule has 2 N–H and O–H groups in total. The Morgan fingerprint density at radius 1 is 1.43 bits per heavy atom. The SMILES string of the molecule is Cc1cccc(OCCC(=O)N2CC(CN)CC2C)c1C. The zero-order valence-corrected chi connectivity index (χ0v) is 13.3. The molecular formula is C17H26N2O2. The van der Waals surface area contributed by atoms with Crippen LogP contribution in [-0.2, 0) is 4.79 Å². The third-order valence-corrected chi connectivity index (χ3v) is 4.44. The average Bonchev–Trinajstić information content (AvgIpc) is 2.84. The number of ether oxygens (including phenoxy) is 1. The second kappa shape index (κ2) is 6.94. The minimum absolute atomic E-state index is 0.170. The van der Waals surface area contributed by atoms with Crippen molar-refractivity contribution in [1.29, 1.82) is 0 Å². The molecule has 1 saturated heterocycles. The van der Waals surface area contributed by atoms with Gasteiger partial charge in [0.25, 0.3) is 0 Å². The van der Waals surface area contributed by atoms with Crippen LogP contribution in [-0.4, -0.2) is 36.5 Å². The van der Waals surface area contributed by atoms with Gasteiger partial charge in [-0.3, -0.25) is 4.79 Å². The fourth-order valence-electron chi connectivity index (χ4n) is 2.93. The molecule has 21 heavy (non-hydrogen) atoms. The Morgan fingerprint density at radius 2 is 2.19 bits per heavy atom. The van der Waals surface area contributed by atoms with E-state index in [2.05, 4.69) is 19.9 Å². The lowest BCUT2D eigenvalue weighted by molar-refractivity contribution is -0.132. The summed E-state index contributed by atoms with van der Waals surface area (Å²) in [5.74, 6) is 1.49. The van der Waals surface area contributed by atoms with Gasteiger partial charge in [0, 0.05) is 12.6 Å². The van der Waals surface area contributed by atoms with Gasteiger partial charge in [-0.05, 0) is 56.8 Å². The van der Waals surface area contributed by atoms with E-state index in [1.165, 1.54) is 5.56 Å². The number of carbonyl (C=O) groups excluding carboxylic acids is 1. The van der Waals surface area contributed by atoms with E-state index >= 15 is 0 Å². The Hall–Kier alpha value is -1.55. The van der Waals surface area contributed by atoms with Crippen LogP contribution in [0.2, 0.25) is 0 Å². The standard InChI is InChI=1S/C17H26N2O2/c1-12-5-4-6-16(14(12)3)21-8-7-17(20)19-11-15(10-18)9-13(19)2/h4-6,13,15H,7-11,18H2,1-3H3. The molecule has 116 valence electrons. The molecule has 0 aromatic heterocycles. The molecule has 2 rings (SSSR count). The molecule has 1 aromatic rings. The largest absolute Gasteiger partial charge is 0.493 e. The lowest BCUT2D eigenvalue weighted by atomic mass is 10.1. The highest BCUT2D eigenvalue weighted by Gasteiger charge is 2.31. The third-order valence-electron chi connectivity index (χ3n) is 4.44. The second-order valence-electron chi connectivity index (χ2n) is 6.03. The Morgan fingerprint density at radius 3 is 2.86 bits per heavy atom. The Kier molecular flexibility index (Phi) is 5.23. The van der Waals surface area contributed by atoms with Crippen LogP contribution in [0.15, 0.2) is 18.2 Å². The monoisotopic (exact) mass is 290 g/mol.